The number of carbonyl (C=O) groups is 1. The lowest BCUT2D eigenvalue weighted by Gasteiger charge is -2.26. The normalized spacial score (nSPS) is 14.9. The quantitative estimate of drug-likeness (QED) is 0.627. The molecule has 0 spiro atoms. The number of ether oxygens (including phenoxy) is 1. The average Bonchev–Trinajstić information content (AvgIpc) is 3.29. The smallest absolute Gasteiger partial charge is 0.249 e. The van der Waals surface area contributed by atoms with Gasteiger partial charge >= 0.3 is 0 Å². The van der Waals surface area contributed by atoms with Crippen LogP contribution in [-0.4, -0.2) is 57.3 Å². The van der Waals surface area contributed by atoms with Crippen molar-refractivity contribution in [2.75, 3.05) is 31.6 Å². The van der Waals surface area contributed by atoms with Crippen LogP contribution < -0.4 is 5.32 Å². The minimum atomic E-state index is -0.250. The lowest BCUT2D eigenvalue weighted by atomic mass is 10.1. The highest BCUT2D eigenvalue weighted by molar-refractivity contribution is 6.01. The van der Waals surface area contributed by atoms with Gasteiger partial charge in [0.25, 0.3) is 0 Å². The number of hydrogen-bond acceptors (Lipinski definition) is 6. The molecule has 0 atom stereocenters. The second-order valence-corrected chi connectivity index (χ2v) is 6.71. The van der Waals surface area contributed by atoms with Crippen LogP contribution in [0.25, 0.3) is 17.2 Å². The molecule has 1 saturated heterocycles. The number of morpholine rings is 1. The number of carbonyl (C=O) groups excluding carboxylic acids is 1. The summed E-state index contributed by atoms with van der Waals surface area (Å²) in [4.78, 5) is 23.1. The molecule has 1 fully saturated rings. The molecule has 148 valence electrons. The van der Waals surface area contributed by atoms with Crippen LogP contribution >= 0.6 is 0 Å². The number of hydrogen-bond donors (Lipinski definition) is 2. The standard InChI is InChI=1S/C21H22N6O2/c28-21(4-2-17-12-22-6-5-19(17)18-13-24-25-14-18)26-20-3-1-16(11-23-20)15-27-7-9-29-10-8-27/h1-6,11-14H,7-10,15H2,(H,24,25)(H,23,26,28)/b4-2+. The maximum absolute atomic E-state index is 12.3. The largest absolute Gasteiger partial charge is 0.379 e. The van der Waals surface area contributed by atoms with Crippen LogP contribution in [0.5, 0.6) is 0 Å². The zero-order valence-electron chi connectivity index (χ0n) is 15.9. The second-order valence-electron chi connectivity index (χ2n) is 6.71. The molecule has 8 heteroatoms. The summed E-state index contributed by atoms with van der Waals surface area (Å²) in [6.07, 6.45) is 12.0. The molecule has 0 saturated carbocycles. The van der Waals surface area contributed by atoms with Crippen molar-refractivity contribution in [3.8, 4) is 11.1 Å². The molecule has 1 amide bonds. The molecule has 8 nitrogen and oxygen atoms in total. The highest BCUT2D eigenvalue weighted by Crippen LogP contribution is 2.22. The van der Waals surface area contributed by atoms with Gasteiger partial charge in [0.05, 0.1) is 19.4 Å². The number of nitrogens with one attached hydrogen (secondary N) is 2. The van der Waals surface area contributed by atoms with Crippen molar-refractivity contribution >= 4 is 17.8 Å². The Morgan fingerprint density at radius 1 is 1.21 bits per heavy atom. The van der Waals surface area contributed by atoms with Gasteiger partial charge in [-0.2, -0.15) is 5.10 Å². The number of aromatic amines is 1. The third kappa shape index (κ3) is 5.13. The fourth-order valence-corrected chi connectivity index (χ4v) is 3.14. The van der Waals surface area contributed by atoms with E-state index in [-0.39, 0.29) is 5.91 Å². The van der Waals surface area contributed by atoms with Crippen LogP contribution in [0.3, 0.4) is 0 Å². The molecular weight excluding hydrogens is 368 g/mol. The number of nitrogens with zero attached hydrogens (tertiary/aromatic N) is 4. The van der Waals surface area contributed by atoms with E-state index < -0.39 is 0 Å². The zero-order chi connectivity index (χ0) is 19.9. The van der Waals surface area contributed by atoms with Gasteiger partial charge in [-0.05, 0) is 29.3 Å². The first-order chi connectivity index (χ1) is 14.3. The van der Waals surface area contributed by atoms with E-state index in [1.165, 1.54) is 6.08 Å². The highest BCUT2D eigenvalue weighted by Gasteiger charge is 2.11. The highest BCUT2D eigenvalue weighted by atomic mass is 16.5. The lowest BCUT2D eigenvalue weighted by molar-refractivity contribution is -0.111. The molecule has 0 aliphatic carbocycles. The van der Waals surface area contributed by atoms with E-state index in [4.69, 9.17) is 4.74 Å². The molecule has 0 aromatic carbocycles. The number of rotatable bonds is 6. The fraction of sp³-hybridized carbons (Fsp3) is 0.238. The van der Waals surface area contributed by atoms with E-state index in [0.717, 1.165) is 55.1 Å². The maximum Gasteiger partial charge on any atom is 0.249 e. The Kier molecular flexibility index (Phi) is 6.04. The van der Waals surface area contributed by atoms with Crippen molar-refractivity contribution in [2.45, 2.75) is 6.54 Å². The molecule has 29 heavy (non-hydrogen) atoms. The Hall–Kier alpha value is -3.36. The lowest BCUT2D eigenvalue weighted by Crippen LogP contribution is -2.35. The van der Waals surface area contributed by atoms with E-state index in [0.29, 0.717) is 5.82 Å². The molecule has 0 radical (unpaired) electrons. The Bertz CT molecular complexity index is 963. The molecule has 0 unspecified atom stereocenters. The number of anilines is 1. The van der Waals surface area contributed by atoms with E-state index in [1.54, 1.807) is 37.1 Å². The monoisotopic (exact) mass is 390 g/mol. The van der Waals surface area contributed by atoms with Crippen molar-refractivity contribution in [3.63, 3.8) is 0 Å². The molecule has 1 aliphatic heterocycles. The fourth-order valence-electron chi connectivity index (χ4n) is 3.14. The minimum absolute atomic E-state index is 0.250. The van der Waals surface area contributed by atoms with Crippen LogP contribution in [0.15, 0.2) is 55.3 Å². The number of H-pyrrole nitrogens is 1. The Morgan fingerprint density at radius 2 is 2.10 bits per heavy atom. The minimum Gasteiger partial charge on any atom is -0.379 e. The summed E-state index contributed by atoms with van der Waals surface area (Å²) in [6, 6.07) is 5.69. The number of aromatic nitrogens is 4. The van der Waals surface area contributed by atoms with Gasteiger partial charge in [-0.1, -0.05) is 6.07 Å². The SMILES string of the molecule is O=C(/C=C/c1cnccc1-c1cn[nH]c1)Nc1ccc(CN2CCOCC2)cn1. The van der Waals surface area contributed by atoms with Gasteiger partial charge in [-0.3, -0.25) is 19.8 Å². The zero-order valence-corrected chi connectivity index (χ0v) is 15.9. The van der Waals surface area contributed by atoms with Crippen molar-refractivity contribution in [1.29, 1.82) is 0 Å². The first-order valence-corrected chi connectivity index (χ1v) is 9.45. The first-order valence-electron chi connectivity index (χ1n) is 9.45. The summed E-state index contributed by atoms with van der Waals surface area (Å²) in [6.45, 7) is 4.24. The number of pyridine rings is 2. The van der Waals surface area contributed by atoms with Crippen molar-refractivity contribution < 1.29 is 9.53 Å². The van der Waals surface area contributed by atoms with Gasteiger partial charge in [0.15, 0.2) is 0 Å². The molecular formula is C21H22N6O2. The van der Waals surface area contributed by atoms with Gasteiger partial charge in [0.1, 0.15) is 5.82 Å². The van der Waals surface area contributed by atoms with Crippen molar-refractivity contribution in [1.82, 2.24) is 25.1 Å². The van der Waals surface area contributed by atoms with Gasteiger partial charge in [-0.15, -0.1) is 0 Å². The summed E-state index contributed by atoms with van der Waals surface area (Å²) < 4.78 is 5.36. The van der Waals surface area contributed by atoms with Crippen LogP contribution in [0.1, 0.15) is 11.1 Å². The van der Waals surface area contributed by atoms with Gasteiger partial charge in [-0.25, -0.2) is 4.98 Å². The third-order valence-electron chi connectivity index (χ3n) is 4.66. The average molecular weight is 390 g/mol. The van der Waals surface area contributed by atoms with Gasteiger partial charge in [0.2, 0.25) is 5.91 Å². The van der Waals surface area contributed by atoms with E-state index >= 15 is 0 Å². The first kappa shape index (κ1) is 19.0. The predicted molar refractivity (Wildman–Crippen MR) is 110 cm³/mol. The summed E-state index contributed by atoms with van der Waals surface area (Å²) in [5.74, 6) is 0.270. The molecule has 3 aromatic rings. The third-order valence-corrected chi connectivity index (χ3v) is 4.66. The summed E-state index contributed by atoms with van der Waals surface area (Å²) >= 11 is 0. The predicted octanol–water partition coefficient (Wildman–Crippen LogP) is 2.35. The van der Waals surface area contributed by atoms with Crippen LogP contribution in [-0.2, 0) is 16.1 Å². The number of amides is 1. The molecule has 1 aliphatic rings. The van der Waals surface area contributed by atoms with Crippen LogP contribution in [0.2, 0.25) is 0 Å². The maximum atomic E-state index is 12.3. The molecule has 3 aromatic heterocycles. The van der Waals surface area contributed by atoms with Gasteiger partial charge in [0, 0.05) is 61.6 Å². The Labute approximate surface area is 168 Å². The summed E-state index contributed by atoms with van der Waals surface area (Å²) in [5, 5.41) is 9.55. The molecule has 2 N–H and O–H groups in total. The van der Waals surface area contributed by atoms with E-state index in [9.17, 15) is 4.79 Å². The van der Waals surface area contributed by atoms with E-state index in [1.807, 2.05) is 18.2 Å². The van der Waals surface area contributed by atoms with Crippen LogP contribution in [0.4, 0.5) is 5.82 Å². The van der Waals surface area contributed by atoms with E-state index in [2.05, 4.69) is 30.4 Å². The van der Waals surface area contributed by atoms with Crippen LogP contribution in [0, 0.1) is 0 Å². The molecule has 4 heterocycles. The summed E-state index contributed by atoms with van der Waals surface area (Å²) in [5.41, 5.74) is 3.83. The molecule has 0 bridgehead atoms. The second kappa shape index (κ2) is 9.22. The Morgan fingerprint density at radius 3 is 2.86 bits per heavy atom. The molecule has 4 rings (SSSR count). The van der Waals surface area contributed by atoms with Crippen molar-refractivity contribution in [2.24, 2.45) is 0 Å². The van der Waals surface area contributed by atoms with Crippen molar-refractivity contribution in [3.05, 3.63) is 66.4 Å². The topological polar surface area (TPSA) is 96.0 Å². The Balaban J connectivity index is 1.36. The summed E-state index contributed by atoms with van der Waals surface area (Å²) in [7, 11) is 0. The van der Waals surface area contributed by atoms with Gasteiger partial charge < -0.3 is 10.1 Å².